The standard InChI is InChI=1S/C14H20O5S/c1-3-7-13(10-14(15)18-2)19-20(16,17)11-12-8-5-4-6-9-12/h4-6,8-9,13H,3,7,10-11H2,1-2H3/t13-/m1/s1. The molecule has 1 aromatic rings. The van der Waals surface area contributed by atoms with Crippen molar-refractivity contribution in [2.75, 3.05) is 7.11 Å². The van der Waals surface area contributed by atoms with E-state index in [9.17, 15) is 13.2 Å². The van der Waals surface area contributed by atoms with Crippen LogP contribution in [0.4, 0.5) is 0 Å². The predicted octanol–water partition coefficient (Wildman–Crippen LogP) is 2.26. The monoisotopic (exact) mass is 300 g/mol. The predicted molar refractivity (Wildman–Crippen MR) is 75.5 cm³/mol. The van der Waals surface area contributed by atoms with E-state index in [1.165, 1.54) is 7.11 Å². The van der Waals surface area contributed by atoms with E-state index >= 15 is 0 Å². The van der Waals surface area contributed by atoms with Gasteiger partial charge in [0.25, 0.3) is 10.1 Å². The first-order chi connectivity index (χ1) is 9.46. The second-order valence-electron chi connectivity index (χ2n) is 4.47. The smallest absolute Gasteiger partial charge is 0.308 e. The molecule has 5 nitrogen and oxygen atoms in total. The Morgan fingerprint density at radius 1 is 1.25 bits per heavy atom. The van der Waals surface area contributed by atoms with Crippen molar-refractivity contribution in [3.05, 3.63) is 35.9 Å². The third-order valence-electron chi connectivity index (χ3n) is 2.70. The van der Waals surface area contributed by atoms with Crippen LogP contribution in [0.1, 0.15) is 31.7 Å². The van der Waals surface area contributed by atoms with Crippen LogP contribution in [0.15, 0.2) is 30.3 Å². The average molecular weight is 300 g/mol. The summed E-state index contributed by atoms with van der Waals surface area (Å²) in [7, 11) is -2.45. The lowest BCUT2D eigenvalue weighted by Gasteiger charge is -2.15. The third-order valence-corrected chi connectivity index (χ3v) is 3.95. The molecule has 0 amide bonds. The van der Waals surface area contributed by atoms with E-state index < -0.39 is 22.2 Å². The van der Waals surface area contributed by atoms with E-state index in [0.717, 1.165) is 6.42 Å². The number of carbonyl (C=O) groups is 1. The summed E-state index contributed by atoms with van der Waals surface area (Å²) in [4.78, 5) is 11.2. The van der Waals surface area contributed by atoms with Crippen LogP contribution in [0.25, 0.3) is 0 Å². The molecule has 1 aromatic carbocycles. The van der Waals surface area contributed by atoms with E-state index in [0.29, 0.717) is 12.0 Å². The van der Waals surface area contributed by atoms with Gasteiger partial charge in [-0.3, -0.25) is 8.98 Å². The second-order valence-corrected chi connectivity index (χ2v) is 6.07. The number of ether oxygens (including phenoxy) is 1. The Hall–Kier alpha value is -1.40. The van der Waals surface area contributed by atoms with Gasteiger partial charge in [0.2, 0.25) is 0 Å². The van der Waals surface area contributed by atoms with Crippen molar-refractivity contribution in [1.82, 2.24) is 0 Å². The van der Waals surface area contributed by atoms with Crippen LogP contribution in [0.3, 0.4) is 0 Å². The lowest BCUT2D eigenvalue weighted by Crippen LogP contribution is -2.23. The average Bonchev–Trinajstić information content (AvgIpc) is 2.38. The van der Waals surface area contributed by atoms with Crippen molar-refractivity contribution in [2.24, 2.45) is 0 Å². The number of esters is 1. The highest BCUT2D eigenvalue weighted by Gasteiger charge is 2.22. The molecule has 0 heterocycles. The van der Waals surface area contributed by atoms with Crippen LogP contribution < -0.4 is 0 Å². The van der Waals surface area contributed by atoms with E-state index in [4.69, 9.17) is 4.18 Å². The van der Waals surface area contributed by atoms with Crippen LogP contribution in [-0.2, 0) is 29.6 Å². The molecule has 1 rings (SSSR count). The molecule has 0 N–H and O–H groups in total. The summed E-state index contributed by atoms with van der Waals surface area (Å²) in [6.45, 7) is 1.90. The zero-order valence-corrected chi connectivity index (χ0v) is 12.6. The fraction of sp³-hybridized carbons (Fsp3) is 0.500. The van der Waals surface area contributed by atoms with E-state index in [1.807, 2.05) is 13.0 Å². The largest absolute Gasteiger partial charge is 0.469 e. The van der Waals surface area contributed by atoms with Gasteiger partial charge in [0, 0.05) is 0 Å². The quantitative estimate of drug-likeness (QED) is 0.544. The van der Waals surface area contributed by atoms with Crippen molar-refractivity contribution in [1.29, 1.82) is 0 Å². The normalized spacial score (nSPS) is 12.9. The first-order valence-corrected chi connectivity index (χ1v) is 8.06. The number of rotatable bonds is 8. The molecule has 0 aliphatic heterocycles. The van der Waals surface area contributed by atoms with Gasteiger partial charge in [-0.2, -0.15) is 8.42 Å². The first kappa shape index (κ1) is 16.7. The van der Waals surface area contributed by atoms with Gasteiger partial charge in [0.15, 0.2) is 0 Å². The Balaban J connectivity index is 2.68. The highest BCUT2D eigenvalue weighted by atomic mass is 32.2. The molecule has 6 heteroatoms. The first-order valence-electron chi connectivity index (χ1n) is 6.48. The Morgan fingerprint density at radius 2 is 1.90 bits per heavy atom. The summed E-state index contributed by atoms with van der Waals surface area (Å²) in [5.41, 5.74) is 0.654. The summed E-state index contributed by atoms with van der Waals surface area (Å²) >= 11 is 0. The maximum atomic E-state index is 12.0. The fourth-order valence-corrected chi connectivity index (χ4v) is 3.04. The topological polar surface area (TPSA) is 69.7 Å². The number of benzene rings is 1. The highest BCUT2D eigenvalue weighted by Crippen LogP contribution is 2.15. The van der Waals surface area contributed by atoms with E-state index in [-0.39, 0.29) is 12.2 Å². The molecule has 1 atom stereocenters. The Labute approximate surface area is 120 Å². The second kappa shape index (κ2) is 8.01. The van der Waals surface area contributed by atoms with Crippen LogP contribution >= 0.6 is 0 Å². The van der Waals surface area contributed by atoms with Gasteiger partial charge in [-0.1, -0.05) is 43.7 Å². The third kappa shape index (κ3) is 6.16. The van der Waals surface area contributed by atoms with Crippen LogP contribution in [-0.4, -0.2) is 27.6 Å². The molecule has 0 fully saturated rings. The molecule has 0 spiro atoms. The van der Waals surface area contributed by atoms with Gasteiger partial charge in [0.05, 0.1) is 19.6 Å². The van der Waals surface area contributed by atoms with Gasteiger partial charge < -0.3 is 4.74 Å². The summed E-state index contributed by atoms with van der Waals surface area (Å²) < 4.78 is 33.6. The SMILES string of the molecule is CCC[C@H](CC(=O)OC)OS(=O)(=O)Cc1ccccc1. The van der Waals surface area contributed by atoms with Crippen molar-refractivity contribution in [3.63, 3.8) is 0 Å². The van der Waals surface area contributed by atoms with Crippen LogP contribution in [0.2, 0.25) is 0 Å². The lowest BCUT2D eigenvalue weighted by molar-refractivity contribution is -0.142. The molecule has 0 saturated heterocycles. The van der Waals surface area contributed by atoms with Gasteiger partial charge in [-0.25, -0.2) is 0 Å². The zero-order chi connectivity index (χ0) is 15.0. The number of hydrogen-bond acceptors (Lipinski definition) is 5. The van der Waals surface area contributed by atoms with Gasteiger partial charge >= 0.3 is 5.97 Å². The van der Waals surface area contributed by atoms with Crippen LogP contribution in [0, 0.1) is 0 Å². The number of methoxy groups -OCH3 is 1. The summed E-state index contributed by atoms with van der Waals surface area (Å²) in [5.74, 6) is -0.673. The number of hydrogen-bond donors (Lipinski definition) is 0. The summed E-state index contributed by atoms with van der Waals surface area (Å²) in [6.07, 6.45) is 0.491. The Kier molecular flexibility index (Phi) is 6.67. The minimum Gasteiger partial charge on any atom is -0.469 e. The zero-order valence-electron chi connectivity index (χ0n) is 11.7. The molecule has 0 aliphatic rings. The fourth-order valence-electron chi connectivity index (χ4n) is 1.80. The van der Waals surface area contributed by atoms with Gasteiger partial charge in [-0.05, 0) is 12.0 Å². The summed E-state index contributed by atoms with van der Waals surface area (Å²) in [5, 5.41) is 0. The molecule has 112 valence electrons. The molecule has 0 aromatic heterocycles. The van der Waals surface area contributed by atoms with E-state index in [2.05, 4.69) is 4.74 Å². The minimum absolute atomic E-state index is 0.0572. The maximum absolute atomic E-state index is 12.0. The Morgan fingerprint density at radius 3 is 2.45 bits per heavy atom. The molecule has 20 heavy (non-hydrogen) atoms. The molecule has 0 aliphatic carbocycles. The minimum atomic E-state index is -3.72. The van der Waals surface area contributed by atoms with Crippen LogP contribution in [0.5, 0.6) is 0 Å². The molecular formula is C14H20O5S. The van der Waals surface area contributed by atoms with Crippen molar-refractivity contribution < 1.29 is 22.1 Å². The van der Waals surface area contributed by atoms with Gasteiger partial charge in [0.1, 0.15) is 5.75 Å². The summed E-state index contributed by atoms with van der Waals surface area (Å²) in [6, 6.07) is 8.78. The highest BCUT2D eigenvalue weighted by molar-refractivity contribution is 7.85. The molecule has 0 saturated carbocycles. The van der Waals surface area contributed by atoms with Crippen molar-refractivity contribution >= 4 is 16.1 Å². The molecule has 0 radical (unpaired) electrons. The van der Waals surface area contributed by atoms with Crippen molar-refractivity contribution in [3.8, 4) is 0 Å². The Bertz CT molecular complexity index is 510. The molecule has 0 unspecified atom stereocenters. The maximum Gasteiger partial charge on any atom is 0.308 e. The molecular weight excluding hydrogens is 280 g/mol. The lowest BCUT2D eigenvalue weighted by atomic mass is 10.1. The molecule has 0 bridgehead atoms. The van der Waals surface area contributed by atoms with E-state index in [1.54, 1.807) is 24.3 Å². The van der Waals surface area contributed by atoms with Gasteiger partial charge in [-0.15, -0.1) is 0 Å². The number of carbonyl (C=O) groups excluding carboxylic acids is 1. The van der Waals surface area contributed by atoms with Crippen molar-refractivity contribution in [2.45, 2.75) is 38.0 Å².